The second-order valence-corrected chi connectivity index (χ2v) is 23.2. The first kappa shape index (κ1) is 74.4. The summed E-state index contributed by atoms with van der Waals surface area (Å²) >= 11 is 0. The first-order valence-corrected chi connectivity index (χ1v) is 34.3. The maximum absolute atomic E-state index is 12.5. The molecular formula is C83H104O9. The van der Waals surface area contributed by atoms with E-state index < -0.39 is 23.9 Å². The number of allylic oxidation sites excluding steroid dienone is 2. The van der Waals surface area contributed by atoms with Crippen molar-refractivity contribution in [1.82, 2.24) is 0 Å². The number of rotatable bonds is 14. The van der Waals surface area contributed by atoms with Crippen LogP contribution in [0.15, 0.2) is 213 Å². The fraction of sp³-hybridized carbons (Fsp3) is 0.398. The van der Waals surface area contributed by atoms with E-state index in [1.54, 1.807) is 198 Å². The van der Waals surface area contributed by atoms with Gasteiger partial charge >= 0.3 is 23.9 Å². The molecule has 8 atom stereocenters. The van der Waals surface area contributed by atoms with Crippen molar-refractivity contribution in [3.63, 3.8) is 0 Å². The molecule has 0 heterocycles. The van der Waals surface area contributed by atoms with Crippen LogP contribution in [0.4, 0.5) is 0 Å². The maximum atomic E-state index is 12.5. The molecule has 0 radical (unpaired) electrons. The Morgan fingerprint density at radius 2 is 0.652 bits per heavy atom. The molecule has 490 valence electrons. The summed E-state index contributed by atoms with van der Waals surface area (Å²) in [6, 6.07) is 54.4. The predicted molar refractivity (Wildman–Crippen MR) is 377 cm³/mol. The summed E-state index contributed by atoms with van der Waals surface area (Å²) in [5, 5.41) is 0. The minimum Gasteiger partial charge on any atom is -0.491 e. The Hall–Kier alpha value is -8.30. The zero-order valence-corrected chi connectivity index (χ0v) is 56.7. The van der Waals surface area contributed by atoms with E-state index in [0.29, 0.717) is 35.8 Å². The minimum atomic E-state index is -0.541. The highest BCUT2D eigenvalue weighted by Crippen LogP contribution is 2.59. The minimum absolute atomic E-state index is 0.266. The smallest absolute Gasteiger partial charge is 0.343 e. The van der Waals surface area contributed by atoms with Crippen molar-refractivity contribution < 1.29 is 42.9 Å². The van der Waals surface area contributed by atoms with Crippen molar-refractivity contribution in [2.24, 2.45) is 47.3 Å². The van der Waals surface area contributed by atoms with Gasteiger partial charge in [0.15, 0.2) is 0 Å². The average molecular weight is 1250 g/mol. The molecule has 6 aliphatic rings. The lowest BCUT2D eigenvalue weighted by Gasteiger charge is -2.23. The molecule has 0 aromatic heterocycles. The fourth-order valence-electron chi connectivity index (χ4n) is 13.8. The molecule has 0 saturated heterocycles. The molecule has 7 aromatic rings. The van der Waals surface area contributed by atoms with Gasteiger partial charge in [0.05, 0.1) is 28.4 Å². The van der Waals surface area contributed by atoms with Gasteiger partial charge in [-0.15, -0.1) is 13.2 Å². The van der Waals surface area contributed by atoms with Crippen LogP contribution in [-0.2, 0) is 12.8 Å². The topological polar surface area (TPSA) is 114 Å². The molecule has 9 nitrogen and oxygen atoms in total. The quantitative estimate of drug-likeness (QED) is 0.0596. The molecule has 0 amide bonds. The van der Waals surface area contributed by atoms with Crippen LogP contribution in [0.1, 0.15) is 199 Å². The summed E-state index contributed by atoms with van der Waals surface area (Å²) < 4.78 is 27.0. The Kier molecular flexibility index (Phi) is 33.4. The van der Waals surface area contributed by atoms with E-state index in [-0.39, 0.29) is 28.4 Å². The highest BCUT2D eigenvalue weighted by atomic mass is 16.5. The Bertz CT molecular complexity index is 3050. The van der Waals surface area contributed by atoms with Crippen LogP contribution < -0.4 is 23.7 Å². The number of hydrogen-bond acceptors (Lipinski definition) is 9. The van der Waals surface area contributed by atoms with Gasteiger partial charge < -0.3 is 23.7 Å². The molecule has 8 unspecified atom stereocenters. The Morgan fingerprint density at radius 1 is 0.370 bits per heavy atom. The molecule has 9 heteroatoms. The summed E-state index contributed by atoms with van der Waals surface area (Å²) in [6.07, 6.45) is 24.0. The average Bonchev–Trinajstić information content (AvgIpc) is 1.64. The van der Waals surface area contributed by atoms with Crippen LogP contribution in [-0.4, -0.2) is 30.0 Å². The molecule has 6 fully saturated rings. The van der Waals surface area contributed by atoms with E-state index in [4.69, 9.17) is 23.7 Å². The van der Waals surface area contributed by atoms with Crippen molar-refractivity contribution in [1.29, 1.82) is 0 Å². The van der Waals surface area contributed by atoms with Gasteiger partial charge in [0.1, 0.15) is 28.7 Å². The summed E-state index contributed by atoms with van der Waals surface area (Å²) in [5.74, 6) is 10.2. The van der Waals surface area contributed by atoms with Crippen LogP contribution in [0.5, 0.6) is 28.7 Å². The highest BCUT2D eigenvalue weighted by Gasteiger charge is 2.50. The SMILES string of the molecule is C1CC2C3CCC(C3)C2C1.C1CC2C3CCC(C3)C2C1.C=CCc1ccccc1OC(=O)c1cccc(C(=O)Oc2ccccc2)c1.C=CCc1ccccc1OC(=O)c1cccc(C(=O)Oc2ccccc2)c1.CC.CC.CC.CC.CC(C)Oc1ccccc1. The third kappa shape index (κ3) is 22.5. The summed E-state index contributed by atoms with van der Waals surface area (Å²) in [7, 11) is 0. The van der Waals surface area contributed by atoms with Gasteiger partial charge in [-0.2, -0.15) is 0 Å². The second kappa shape index (κ2) is 41.2. The number of esters is 4. The van der Waals surface area contributed by atoms with Crippen molar-refractivity contribution in [3.05, 3.63) is 247 Å². The van der Waals surface area contributed by atoms with Gasteiger partial charge in [-0.1, -0.05) is 184 Å². The van der Waals surface area contributed by atoms with Gasteiger partial charge in [-0.05, 0) is 234 Å². The molecule has 13 rings (SSSR count). The van der Waals surface area contributed by atoms with Gasteiger partial charge in [0.2, 0.25) is 0 Å². The summed E-state index contributed by atoms with van der Waals surface area (Å²) in [5.41, 5.74) is 2.80. The van der Waals surface area contributed by atoms with Gasteiger partial charge in [-0.25, -0.2) is 19.2 Å². The van der Waals surface area contributed by atoms with Crippen molar-refractivity contribution in [2.75, 3.05) is 0 Å². The van der Waals surface area contributed by atoms with Crippen LogP contribution in [0.25, 0.3) is 0 Å². The molecule has 92 heavy (non-hydrogen) atoms. The zero-order valence-electron chi connectivity index (χ0n) is 56.7. The highest BCUT2D eigenvalue weighted by molar-refractivity contribution is 5.98. The summed E-state index contributed by atoms with van der Waals surface area (Å²) in [4.78, 5) is 49.6. The van der Waals surface area contributed by atoms with Crippen LogP contribution in [0, 0.1) is 47.3 Å². The Balaban J connectivity index is 0.000000216. The zero-order chi connectivity index (χ0) is 66.6. The number of hydrogen-bond donors (Lipinski definition) is 0. The third-order valence-corrected chi connectivity index (χ3v) is 17.5. The first-order valence-electron chi connectivity index (χ1n) is 34.3. The molecule has 0 spiro atoms. The fourth-order valence-corrected chi connectivity index (χ4v) is 13.8. The normalized spacial score (nSPS) is 19.8. The lowest BCUT2D eigenvalue weighted by Crippen LogP contribution is -2.15. The van der Waals surface area contributed by atoms with Gasteiger partial charge in [-0.3, -0.25) is 0 Å². The third-order valence-electron chi connectivity index (χ3n) is 17.5. The Labute approximate surface area is 552 Å². The van der Waals surface area contributed by atoms with Crippen LogP contribution in [0.2, 0.25) is 0 Å². The van der Waals surface area contributed by atoms with E-state index in [9.17, 15) is 19.2 Å². The number of fused-ring (bicyclic) bond motifs is 10. The van der Waals surface area contributed by atoms with E-state index in [0.717, 1.165) is 16.9 Å². The van der Waals surface area contributed by atoms with E-state index in [2.05, 4.69) is 13.2 Å². The number of para-hydroxylation sites is 5. The molecule has 7 aromatic carbocycles. The number of ether oxygens (including phenoxy) is 5. The number of benzene rings is 7. The number of carbonyl (C=O) groups excluding carboxylic acids is 4. The van der Waals surface area contributed by atoms with Gasteiger partial charge in [0, 0.05) is 0 Å². The van der Waals surface area contributed by atoms with Crippen molar-refractivity contribution in [2.45, 2.75) is 165 Å². The standard InChI is InChI=1S/2C23H18O4.2C10H16.C9H12O.4C2H6/c2*1-2-9-17-10-6-7-15-21(17)27-23(25)19-12-8-11-18(16-19)22(24)26-20-13-4-3-5-14-20;2*1-2-9-7-4-5-8(6-7)10(9)3-1;1-8(2)10-9-6-4-3-5-7-9;4*1-2/h2*2-8,10-16H,1,9H2;2*7-10H,1-6H2;3-8H,1-2H3;4*1-2H3. The van der Waals surface area contributed by atoms with Crippen LogP contribution >= 0.6 is 0 Å². The predicted octanol–water partition coefficient (Wildman–Crippen LogP) is 22.0. The molecule has 4 bridgehead atoms. The summed E-state index contributed by atoms with van der Waals surface area (Å²) in [6.45, 7) is 27.5. The molecular weight excluding hydrogens is 1140 g/mol. The molecule has 6 aliphatic carbocycles. The monoisotopic (exact) mass is 1240 g/mol. The lowest BCUT2D eigenvalue weighted by atomic mass is 9.82. The largest absolute Gasteiger partial charge is 0.491 e. The Morgan fingerprint density at radius 3 is 0.957 bits per heavy atom. The molecule has 0 aliphatic heterocycles. The van der Waals surface area contributed by atoms with Crippen molar-refractivity contribution >= 4 is 23.9 Å². The van der Waals surface area contributed by atoms with Gasteiger partial charge in [0.25, 0.3) is 0 Å². The maximum Gasteiger partial charge on any atom is 0.343 e. The lowest BCUT2D eigenvalue weighted by molar-refractivity contribution is 0.0715. The first-order chi connectivity index (χ1) is 45.0. The molecule has 0 N–H and O–H groups in total. The number of carbonyl (C=O) groups is 4. The van der Waals surface area contributed by atoms with Crippen LogP contribution in [0.3, 0.4) is 0 Å². The second-order valence-electron chi connectivity index (χ2n) is 23.2. The van der Waals surface area contributed by atoms with E-state index in [1.807, 2.05) is 136 Å². The van der Waals surface area contributed by atoms with E-state index in [1.165, 1.54) is 59.5 Å². The molecule has 6 saturated carbocycles. The van der Waals surface area contributed by atoms with Crippen molar-refractivity contribution in [3.8, 4) is 28.7 Å². The van der Waals surface area contributed by atoms with E-state index >= 15 is 0 Å².